The van der Waals surface area contributed by atoms with Crippen molar-refractivity contribution in [3.8, 4) is 16.9 Å². The number of rotatable bonds is 11. The Morgan fingerprint density at radius 1 is 0.978 bits per heavy atom. The lowest BCUT2D eigenvalue weighted by molar-refractivity contribution is -0.153. The van der Waals surface area contributed by atoms with Gasteiger partial charge in [0.05, 0.1) is 20.1 Å². The van der Waals surface area contributed by atoms with Gasteiger partial charge in [0.15, 0.2) is 0 Å². The molecule has 230 valence electrons. The lowest BCUT2D eigenvalue weighted by Gasteiger charge is -2.49. The van der Waals surface area contributed by atoms with Crippen LogP contribution in [0.25, 0.3) is 11.1 Å². The summed E-state index contributed by atoms with van der Waals surface area (Å²) in [5.41, 5.74) is 3.91. The minimum atomic E-state index is -0.713. The van der Waals surface area contributed by atoms with Crippen LogP contribution in [0.15, 0.2) is 106 Å². The molecule has 2 aliphatic rings. The third-order valence-corrected chi connectivity index (χ3v) is 10.9. The Morgan fingerprint density at radius 3 is 2.31 bits per heavy atom. The molecule has 0 unspecified atom stereocenters. The molecule has 2 N–H and O–H groups in total. The maximum absolute atomic E-state index is 13.6. The molecule has 45 heavy (non-hydrogen) atoms. The van der Waals surface area contributed by atoms with Crippen molar-refractivity contribution in [1.29, 1.82) is 0 Å². The average molecular weight is 659 g/mol. The van der Waals surface area contributed by atoms with E-state index in [4.69, 9.17) is 9.47 Å². The summed E-state index contributed by atoms with van der Waals surface area (Å²) in [6, 6.07) is 26.0. The van der Waals surface area contributed by atoms with E-state index >= 15 is 0 Å². The van der Waals surface area contributed by atoms with Crippen molar-refractivity contribution in [3.05, 3.63) is 117 Å². The number of esters is 1. The zero-order valence-corrected chi connectivity index (χ0v) is 26.8. The van der Waals surface area contributed by atoms with Gasteiger partial charge in [-0.05, 0) is 58.0 Å². The molecule has 6 rings (SSSR count). The molecule has 0 spiro atoms. The highest BCUT2D eigenvalue weighted by atomic mass is 32.2. The first-order valence-electron chi connectivity index (χ1n) is 14.2. The monoisotopic (exact) mass is 658 g/mol. The van der Waals surface area contributed by atoms with Gasteiger partial charge in [0.2, 0.25) is 5.91 Å². The molecule has 1 fully saturated rings. The molecule has 2 atom stereocenters. The first-order chi connectivity index (χ1) is 21.9. The average Bonchev–Trinajstić information content (AvgIpc) is 3.59. The maximum Gasteiger partial charge on any atom is 0.356 e. The number of hydrogen-bond acceptors (Lipinski definition) is 9. The van der Waals surface area contributed by atoms with Crippen molar-refractivity contribution in [3.63, 3.8) is 0 Å². The zero-order chi connectivity index (χ0) is 31.3. The van der Waals surface area contributed by atoms with E-state index in [0.29, 0.717) is 16.4 Å². The fraction of sp³-hybridized carbons (Fsp3) is 0.206. The summed E-state index contributed by atoms with van der Waals surface area (Å²) in [6.45, 7) is 0.0331. The fourth-order valence-corrected chi connectivity index (χ4v) is 8.23. The summed E-state index contributed by atoms with van der Waals surface area (Å²) in [5.74, 6) is 0.0345. The van der Waals surface area contributed by atoms with Crippen LogP contribution < -0.4 is 10.1 Å². The van der Waals surface area contributed by atoms with Crippen LogP contribution in [-0.4, -0.2) is 52.1 Å². The summed E-state index contributed by atoms with van der Waals surface area (Å²) in [5, 5.41) is 13.7. The number of thioether (sulfide) groups is 2. The van der Waals surface area contributed by atoms with Crippen LogP contribution in [-0.2, 0) is 38.8 Å². The van der Waals surface area contributed by atoms with Gasteiger partial charge in [-0.15, -0.1) is 23.1 Å². The smallest absolute Gasteiger partial charge is 0.356 e. The number of carbonyl (C=O) groups is 3. The second-order valence-electron chi connectivity index (χ2n) is 10.4. The molecule has 0 aliphatic carbocycles. The molecule has 4 aromatic rings. The van der Waals surface area contributed by atoms with E-state index in [1.54, 1.807) is 19.2 Å². The fourth-order valence-electron chi connectivity index (χ4n) is 5.05. The maximum atomic E-state index is 13.6. The van der Waals surface area contributed by atoms with E-state index < -0.39 is 17.4 Å². The number of benzene rings is 3. The standard InChI is InChI=1S/C34H30N2O6S3/c1-41-25-12-6-22(7-13-25)19-42-34(40)31-28(45-26-14-10-24(11-15-26)23-8-4-21(18-37)5-9-23)20-44-33-30(32(39)36(31)33)35-29(38)17-27-3-2-16-43-27/h2-16,30,33,37H,17-20H2,1H3,(H,35,38)/t30-,33+/m1/s1. The Hall–Kier alpha value is -4.03. The number of fused-ring (bicyclic) bond motifs is 1. The zero-order valence-electron chi connectivity index (χ0n) is 24.3. The number of β-lactam (4-membered cyclic amide) rings is 1. The van der Waals surface area contributed by atoms with Crippen molar-refractivity contribution in [2.24, 2.45) is 0 Å². The quantitative estimate of drug-likeness (QED) is 0.159. The largest absolute Gasteiger partial charge is 0.497 e. The molecule has 0 radical (unpaired) electrons. The lowest BCUT2D eigenvalue weighted by Crippen LogP contribution is -2.70. The molecule has 11 heteroatoms. The van der Waals surface area contributed by atoms with Gasteiger partial charge in [-0.3, -0.25) is 14.5 Å². The van der Waals surface area contributed by atoms with Gasteiger partial charge in [-0.2, -0.15) is 0 Å². The van der Waals surface area contributed by atoms with Gasteiger partial charge in [0.1, 0.15) is 29.5 Å². The molecule has 2 amide bonds. The predicted octanol–water partition coefficient (Wildman–Crippen LogP) is 5.61. The van der Waals surface area contributed by atoms with Crippen LogP contribution in [0.4, 0.5) is 0 Å². The highest BCUT2D eigenvalue weighted by molar-refractivity contribution is 8.06. The van der Waals surface area contributed by atoms with E-state index in [0.717, 1.165) is 32.0 Å². The lowest BCUT2D eigenvalue weighted by atomic mass is 10.0. The van der Waals surface area contributed by atoms with Crippen LogP contribution in [0, 0.1) is 0 Å². The van der Waals surface area contributed by atoms with Gasteiger partial charge in [-0.25, -0.2) is 4.79 Å². The van der Waals surface area contributed by atoms with Crippen molar-refractivity contribution < 1.29 is 29.0 Å². The number of hydrogen-bond donors (Lipinski definition) is 2. The van der Waals surface area contributed by atoms with Gasteiger partial charge < -0.3 is 19.9 Å². The minimum Gasteiger partial charge on any atom is -0.497 e. The first-order valence-corrected chi connectivity index (χ1v) is 17.0. The van der Waals surface area contributed by atoms with Crippen molar-refractivity contribution in [1.82, 2.24) is 10.2 Å². The molecule has 8 nitrogen and oxygen atoms in total. The topological polar surface area (TPSA) is 105 Å². The normalized spacial score (nSPS) is 17.4. The van der Waals surface area contributed by atoms with Crippen LogP contribution in [0.5, 0.6) is 5.75 Å². The van der Waals surface area contributed by atoms with Crippen LogP contribution in [0.2, 0.25) is 0 Å². The van der Waals surface area contributed by atoms with E-state index in [2.05, 4.69) is 5.32 Å². The van der Waals surface area contributed by atoms with Gasteiger partial charge in [0.25, 0.3) is 5.91 Å². The second-order valence-corrected chi connectivity index (χ2v) is 13.7. The Balaban J connectivity index is 1.21. The minimum absolute atomic E-state index is 0.00348. The molecular formula is C34H30N2O6S3. The highest BCUT2D eigenvalue weighted by Crippen LogP contribution is 2.45. The Bertz CT molecular complexity index is 1700. The Labute approximate surface area is 273 Å². The molecule has 0 saturated carbocycles. The third-order valence-electron chi connectivity index (χ3n) is 7.45. The number of carbonyl (C=O) groups excluding carboxylic acids is 3. The molecule has 1 aromatic heterocycles. The molecule has 3 aromatic carbocycles. The van der Waals surface area contributed by atoms with Gasteiger partial charge >= 0.3 is 5.97 Å². The van der Waals surface area contributed by atoms with Crippen LogP contribution >= 0.6 is 34.9 Å². The van der Waals surface area contributed by atoms with Gasteiger partial charge in [-0.1, -0.05) is 66.4 Å². The Kier molecular flexibility index (Phi) is 9.60. The SMILES string of the molecule is COc1ccc(COC(=O)C2=C(Sc3ccc(-c4ccc(CO)cc4)cc3)CS[C@H]3[C@H](NC(=O)Cc4cccs4)C(=O)N23)cc1. The molecule has 0 bridgehead atoms. The summed E-state index contributed by atoms with van der Waals surface area (Å²) < 4.78 is 10.9. The molecule has 2 aliphatic heterocycles. The number of thiophene rings is 1. The van der Waals surface area contributed by atoms with Crippen molar-refractivity contribution >= 4 is 52.6 Å². The molecule has 3 heterocycles. The van der Waals surface area contributed by atoms with Crippen LogP contribution in [0.1, 0.15) is 16.0 Å². The number of nitrogens with zero attached hydrogens (tertiary/aromatic N) is 1. The van der Waals surface area contributed by atoms with Crippen molar-refractivity contribution in [2.75, 3.05) is 12.9 Å². The molecular weight excluding hydrogens is 629 g/mol. The van der Waals surface area contributed by atoms with Crippen molar-refractivity contribution in [2.45, 2.75) is 35.9 Å². The van der Waals surface area contributed by atoms with Crippen LogP contribution in [0.3, 0.4) is 0 Å². The predicted molar refractivity (Wildman–Crippen MR) is 177 cm³/mol. The number of nitrogens with one attached hydrogen (secondary N) is 1. The second kappa shape index (κ2) is 13.9. The van der Waals surface area contributed by atoms with E-state index in [1.165, 1.54) is 39.8 Å². The van der Waals surface area contributed by atoms with E-state index in [1.807, 2.05) is 78.2 Å². The number of ether oxygens (including phenoxy) is 2. The van der Waals surface area contributed by atoms with Gasteiger partial charge in [0, 0.05) is 20.4 Å². The summed E-state index contributed by atoms with van der Waals surface area (Å²) >= 11 is 4.43. The van der Waals surface area contributed by atoms with E-state index in [9.17, 15) is 19.5 Å². The summed E-state index contributed by atoms with van der Waals surface area (Å²) in [6.07, 6.45) is 0.202. The highest BCUT2D eigenvalue weighted by Gasteiger charge is 2.54. The number of aliphatic hydroxyl groups excluding tert-OH is 1. The first kappa shape index (κ1) is 31.0. The Morgan fingerprint density at radius 2 is 1.67 bits per heavy atom. The van der Waals surface area contributed by atoms with E-state index in [-0.39, 0.29) is 37.1 Å². The number of methoxy groups -OCH3 is 1. The third kappa shape index (κ3) is 6.96. The number of amides is 2. The number of aliphatic hydroxyl groups is 1. The summed E-state index contributed by atoms with van der Waals surface area (Å²) in [7, 11) is 1.59. The molecule has 1 saturated heterocycles. The summed E-state index contributed by atoms with van der Waals surface area (Å²) in [4.78, 5) is 43.8.